The van der Waals surface area contributed by atoms with E-state index in [1.165, 1.54) is 6.07 Å². The zero-order valence-electron chi connectivity index (χ0n) is 11.3. The predicted octanol–water partition coefficient (Wildman–Crippen LogP) is 3.24. The molecule has 2 aromatic rings. The molecule has 0 aliphatic carbocycles. The average Bonchev–Trinajstić information content (AvgIpc) is 2.48. The molecule has 0 saturated carbocycles. The third-order valence-electron chi connectivity index (χ3n) is 3.26. The number of nitrogens with two attached hydrogens (primary N) is 1. The average molecular weight is 295 g/mol. The third kappa shape index (κ3) is 4.27. The maximum Gasteiger partial charge on any atom is 0.416 e. The number of hydrogen-bond donors (Lipinski definition) is 2. The van der Waals surface area contributed by atoms with Crippen molar-refractivity contribution in [2.45, 2.75) is 25.1 Å². The van der Waals surface area contributed by atoms with Gasteiger partial charge in [-0.25, -0.2) is 0 Å². The molecule has 3 N–H and O–H groups in total. The summed E-state index contributed by atoms with van der Waals surface area (Å²) in [6.07, 6.45) is 0.329. The van der Waals surface area contributed by atoms with Crippen molar-refractivity contribution in [3.63, 3.8) is 0 Å². The zero-order chi connectivity index (χ0) is 15.3. The fourth-order valence-corrected chi connectivity index (χ4v) is 2.13. The van der Waals surface area contributed by atoms with E-state index in [1.807, 2.05) is 12.1 Å². The van der Waals surface area contributed by atoms with Crippen molar-refractivity contribution in [3.8, 4) is 0 Å². The number of hydrogen-bond acceptors (Lipinski definition) is 3. The molecule has 2 rings (SSSR count). The number of aryl methyl sites for hydroxylation is 1. The molecule has 0 aliphatic rings. The Morgan fingerprint density at radius 3 is 2.62 bits per heavy atom. The van der Waals surface area contributed by atoms with Gasteiger partial charge in [0.05, 0.1) is 5.56 Å². The van der Waals surface area contributed by atoms with Gasteiger partial charge in [0, 0.05) is 18.4 Å². The first kappa shape index (κ1) is 15.5. The minimum Gasteiger partial charge on any atom is -0.271 e. The third-order valence-corrected chi connectivity index (χ3v) is 3.26. The highest BCUT2D eigenvalue weighted by atomic mass is 19.4. The molecule has 21 heavy (non-hydrogen) atoms. The number of aromatic nitrogens is 1. The van der Waals surface area contributed by atoms with E-state index in [0.717, 1.165) is 17.7 Å². The van der Waals surface area contributed by atoms with E-state index in [0.29, 0.717) is 18.4 Å². The summed E-state index contributed by atoms with van der Waals surface area (Å²) in [6, 6.07) is 8.63. The number of benzene rings is 1. The summed E-state index contributed by atoms with van der Waals surface area (Å²) in [6.45, 7) is 0. The van der Waals surface area contributed by atoms with Crippen molar-refractivity contribution in [2.24, 2.45) is 5.84 Å². The molecule has 1 unspecified atom stereocenters. The van der Waals surface area contributed by atoms with Crippen LogP contribution >= 0.6 is 0 Å². The van der Waals surface area contributed by atoms with E-state index in [2.05, 4.69) is 10.4 Å². The van der Waals surface area contributed by atoms with Gasteiger partial charge in [0.25, 0.3) is 0 Å². The molecule has 0 spiro atoms. The molecule has 1 aromatic carbocycles. The SMILES string of the molecule is NNC(CCc1cccnc1)c1cccc(C(F)(F)F)c1. The second-order valence-corrected chi connectivity index (χ2v) is 4.74. The second-order valence-electron chi connectivity index (χ2n) is 4.74. The van der Waals surface area contributed by atoms with Crippen LogP contribution in [0.5, 0.6) is 0 Å². The summed E-state index contributed by atoms with van der Waals surface area (Å²) in [5, 5.41) is 0. The van der Waals surface area contributed by atoms with Crippen molar-refractivity contribution in [2.75, 3.05) is 0 Å². The quantitative estimate of drug-likeness (QED) is 0.657. The van der Waals surface area contributed by atoms with Gasteiger partial charge in [-0.3, -0.25) is 16.3 Å². The number of hydrazine groups is 1. The number of nitrogens with one attached hydrogen (secondary N) is 1. The van der Waals surface area contributed by atoms with Gasteiger partial charge < -0.3 is 0 Å². The van der Waals surface area contributed by atoms with Gasteiger partial charge in [-0.2, -0.15) is 13.2 Å². The molecular weight excluding hydrogens is 279 g/mol. The fraction of sp³-hybridized carbons (Fsp3) is 0.267. The highest BCUT2D eigenvalue weighted by molar-refractivity contribution is 5.28. The first-order chi connectivity index (χ1) is 10.0. The summed E-state index contributed by atoms with van der Waals surface area (Å²) in [7, 11) is 0. The Kier molecular flexibility index (Phi) is 4.93. The minimum atomic E-state index is -4.35. The largest absolute Gasteiger partial charge is 0.416 e. The van der Waals surface area contributed by atoms with Gasteiger partial charge in [0.15, 0.2) is 0 Å². The standard InChI is InChI=1S/C15H16F3N3/c16-15(17,18)13-5-1-4-12(9-13)14(21-19)7-6-11-3-2-8-20-10-11/h1-5,8-10,14,21H,6-7,19H2. The highest BCUT2D eigenvalue weighted by Crippen LogP contribution is 2.31. The van der Waals surface area contributed by atoms with Crippen molar-refractivity contribution < 1.29 is 13.2 Å². The zero-order valence-corrected chi connectivity index (χ0v) is 11.3. The predicted molar refractivity (Wildman–Crippen MR) is 74.1 cm³/mol. The summed E-state index contributed by atoms with van der Waals surface area (Å²) in [4.78, 5) is 4.01. The lowest BCUT2D eigenvalue weighted by Gasteiger charge is -2.18. The van der Waals surface area contributed by atoms with Gasteiger partial charge in [0.1, 0.15) is 0 Å². The highest BCUT2D eigenvalue weighted by Gasteiger charge is 2.30. The molecule has 1 aromatic heterocycles. The maximum atomic E-state index is 12.7. The van der Waals surface area contributed by atoms with E-state index >= 15 is 0 Å². The number of halogens is 3. The van der Waals surface area contributed by atoms with Gasteiger partial charge in [-0.15, -0.1) is 0 Å². The number of nitrogens with zero attached hydrogens (tertiary/aromatic N) is 1. The van der Waals surface area contributed by atoms with Crippen molar-refractivity contribution in [1.29, 1.82) is 0 Å². The molecule has 1 atom stereocenters. The normalized spacial score (nSPS) is 13.1. The molecule has 0 saturated heterocycles. The van der Waals surface area contributed by atoms with Crippen LogP contribution < -0.4 is 11.3 Å². The molecule has 0 radical (unpaired) electrons. The Morgan fingerprint density at radius 1 is 1.19 bits per heavy atom. The molecule has 1 heterocycles. The van der Waals surface area contributed by atoms with Crippen LogP contribution in [0.25, 0.3) is 0 Å². The van der Waals surface area contributed by atoms with Crippen LogP contribution in [0.4, 0.5) is 13.2 Å². The first-order valence-corrected chi connectivity index (χ1v) is 6.53. The molecule has 0 bridgehead atoms. The van der Waals surface area contributed by atoms with Crippen LogP contribution in [-0.4, -0.2) is 4.98 Å². The minimum absolute atomic E-state index is 0.340. The van der Waals surface area contributed by atoms with E-state index in [9.17, 15) is 13.2 Å². The van der Waals surface area contributed by atoms with Gasteiger partial charge >= 0.3 is 6.18 Å². The van der Waals surface area contributed by atoms with Crippen molar-refractivity contribution in [1.82, 2.24) is 10.4 Å². The molecule has 0 fully saturated rings. The van der Waals surface area contributed by atoms with Crippen LogP contribution in [0.2, 0.25) is 0 Å². The lowest BCUT2D eigenvalue weighted by molar-refractivity contribution is -0.137. The Balaban J connectivity index is 2.10. The van der Waals surface area contributed by atoms with Crippen molar-refractivity contribution >= 4 is 0 Å². The summed E-state index contributed by atoms with van der Waals surface area (Å²) < 4.78 is 38.2. The van der Waals surface area contributed by atoms with E-state index in [-0.39, 0.29) is 6.04 Å². The Morgan fingerprint density at radius 2 is 2.00 bits per heavy atom. The molecule has 0 amide bonds. The Bertz CT molecular complexity index is 570. The number of rotatable bonds is 5. The van der Waals surface area contributed by atoms with Gasteiger partial charge in [-0.05, 0) is 42.2 Å². The second kappa shape index (κ2) is 6.69. The monoisotopic (exact) mass is 295 g/mol. The first-order valence-electron chi connectivity index (χ1n) is 6.53. The molecular formula is C15H16F3N3. The summed E-state index contributed by atoms with van der Waals surface area (Å²) in [5.74, 6) is 5.48. The van der Waals surface area contributed by atoms with Crippen LogP contribution in [-0.2, 0) is 12.6 Å². The van der Waals surface area contributed by atoms with Crippen molar-refractivity contribution in [3.05, 3.63) is 65.5 Å². The Hall–Kier alpha value is -1.92. The number of pyridine rings is 1. The molecule has 112 valence electrons. The lowest BCUT2D eigenvalue weighted by atomic mass is 9.98. The smallest absolute Gasteiger partial charge is 0.271 e. The lowest BCUT2D eigenvalue weighted by Crippen LogP contribution is -2.28. The maximum absolute atomic E-state index is 12.7. The molecule has 0 aliphatic heterocycles. The topological polar surface area (TPSA) is 50.9 Å². The van der Waals surface area contributed by atoms with Gasteiger partial charge in [-0.1, -0.05) is 18.2 Å². The molecule has 3 nitrogen and oxygen atoms in total. The summed E-state index contributed by atoms with van der Waals surface area (Å²) >= 11 is 0. The van der Waals surface area contributed by atoms with Gasteiger partial charge in [0.2, 0.25) is 0 Å². The van der Waals surface area contributed by atoms with E-state index in [1.54, 1.807) is 18.5 Å². The van der Waals surface area contributed by atoms with Crippen LogP contribution in [0, 0.1) is 0 Å². The fourth-order valence-electron chi connectivity index (χ4n) is 2.13. The summed E-state index contributed by atoms with van der Waals surface area (Å²) in [5.41, 5.74) is 3.46. The van der Waals surface area contributed by atoms with E-state index < -0.39 is 11.7 Å². The van der Waals surface area contributed by atoms with Crippen LogP contribution in [0.15, 0.2) is 48.8 Å². The van der Waals surface area contributed by atoms with E-state index in [4.69, 9.17) is 5.84 Å². The molecule has 6 heteroatoms. The van der Waals surface area contributed by atoms with Crippen LogP contribution in [0.1, 0.15) is 29.2 Å². The Labute approximate surface area is 121 Å². The number of alkyl halides is 3. The van der Waals surface area contributed by atoms with Crippen LogP contribution in [0.3, 0.4) is 0 Å².